The normalized spacial score (nSPS) is 11.6. The Kier molecular flexibility index (Phi) is 6.39. The summed E-state index contributed by atoms with van der Waals surface area (Å²) in [6.45, 7) is 4.26. The van der Waals surface area contributed by atoms with Gasteiger partial charge in [-0.3, -0.25) is 9.69 Å². The van der Waals surface area contributed by atoms with E-state index in [1.54, 1.807) is 24.3 Å². The molecule has 0 aliphatic rings. The molecule has 7 heteroatoms. The van der Waals surface area contributed by atoms with Crippen molar-refractivity contribution in [3.63, 3.8) is 0 Å². The van der Waals surface area contributed by atoms with Gasteiger partial charge in [-0.15, -0.1) is 0 Å². The number of anilines is 1. The van der Waals surface area contributed by atoms with E-state index in [0.717, 1.165) is 26.9 Å². The summed E-state index contributed by atoms with van der Waals surface area (Å²) in [5.41, 5.74) is 4.54. The minimum atomic E-state index is -3.64. The molecule has 0 fully saturated rings. The molecule has 3 aromatic carbocycles. The summed E-state index contributed by atoms with van der Waals surface area (Å²) in [5, 5.41) is 0.515. The van der Waals surface area contributed by atoms with Crippen LogP contribution < -0.4 is 4.90 Å². The van der Waals surface area contributed by atoms with Gasteiger partial charge >= 0.3 is 0 Å². The van der Waals surface area contributed by atoms with Crippen LogP contribution in [-0.4, -0.2) is 25.1 Å². The fraction of sp³-hybridized carbons (Fsp3) is 0.200. The molecule has 4 aromatic rings. The largest absolute Gasteiger partial charge is 0.283 e. The van der Waals surface area contributed by atoms with Gasteiger partial charge in [0.1, 0.15) is 5.75 Å². The van der Waals surface area contributed by atoms with Crippen molar-refractivity contribution < 1.29 is 13.2 Å². The van der Waals surface area contributed by atoms with Gasteiger partial charge in [0.05, 0.1) is 22.5 Å². The summed E-state index contributed by atoms with van der Waals surface area (Å²) in [7, 11) is -3.64. The van der Waals surface area contributed by atoms with Crippen LogP contribution >= 0.6 is 11.3 Å². The summed E-state index contributed by atoms with van der Waals surface area (Å²) in [4.78, 5) is 19.5. The van der Waals surface area contributed by atoms with Gasteiger partial charge < -0.3 is 0 Å². The van der Waals surface area contributed by atoms with Crippen molar-refractivity contribution >= 4 is 42.4 Å². The molecule has 0 atom stereocenters. The molecule has 0 unspecified atom stereocenters. The van der Waals surface area contributed by atoms with Gasteiger partial charge in [-0.05, 0) is 36.1 Å². The molecule has 5 nitrogen and oxygen atoms in total. The lowest BCUT2D eigenvalue weighted by Gasteiger charge is -2.20. The van der Waals surface area contributed by atoms with Crippen molar-refractivity contribution in [3.8, 4) is 0 Å². The predicted octanol–water partition coefficient (Wildman–Crippen LogP) is 5.06. The molecule has 0 aliphatic heterocycles. The maximum atomic E-state index is 13.3. The number of rotatable bonds is 7. The summed E-state index contributed by atoms with van der Waals surface area (Å²) in [5.74, 6) is -1.21. The first-order valence-electron chi connectivity index (χ1n) is 10.3. The Morgan fingerprint density at radius 1 is 0.875 bits per heavy atom. The molecular formula is C25H24N2O3S2. The van der Waals surface area contributed by atoms with E-state index in [2.05, 4.69) is 0 Å². The van der Waals surface area contributed by atoms with Gasteiger partial charge in [-0.25, -0.2) is 13.4 Å². The predicted molar refractivity (Wildman–Crippen MR) is 131 cm³/mol. The van der Waals surface area contributed by atoms with E-state index in [-0.39, 0.29) is 12.3 Å². The highest BCUT2D eigenvalue weighted by atomic mass is 32.2. The van der Waals surface area contributed by atoms with E-state index in [4.69, 9.17) is 4.98 Å². The van der Waals surface area contributed by atoms with Crippen LogP contribution in [0, 0.1) is 13.8 Å². The molecule has 0 spiro atoms. The molecule has 0 radical (unpaired) electrons. The number of carbonyl (C=O) groups excluding carboxylic acids is 1. The Labute approximate surface area is 192 Å². The number of nitrogens with zero attached hydrogens (tertiary/aromatic N) is 2. The van der Waals surface area contributed by atoms with Crippen LogP contribution in [0.2, 0.25) is 0 Å². The Balaban J connectivity index is 1.67. The zero-order chi connectivity index (χ0) is 22.7. The summed E-state index contributed by atoms with van der Waals surface area (Å²) < 4.78 is 26.6. The van der Waals surface area contributed by atoms with Gasteiger partial charge in [0, 0.05) is 0 Å². The third kappa shape index (κ3) is 5.06. The molecule has 32 heavy (non-hydrogen) atoms. The van der Waals surface area contributed by atoms with Crippen LogP contribution in [0.25, 0.3) is 10.2 Å². The molecule has 1 aromatic heterocycles. The van der Waals surface area contributed by atoms with Crippen molar-refractivity contribution in [2.24, 2.45) is 0 Å². The third-order valence-corrected chi connectivity index (χ3v) is 7.89. The molecule has 0 bridgehead atoms. The van der Waals surface area contributed by atoms with Gasteiger partial charge in [-0.1, -0.05) is 84.1 Å². The maximum absolute atomic E-state index is 13.3. The summed E-state index contributed by atoms with van der Waals surface area (Å²) in [6, 6.07) is 22.5. The highest BCUT2D eigenvalue weighted by Crippen LogP contribution is 2.34. The number of hydrogen-bond donors (Lipinski definition) is 0. The van der Waals surface area contributed by atoms with E-state index in [1.165, 1.54) is 16.2 Å². The minimum absolute atomic E-state index is 0.170. The molecule has 0 aliphatic carbocycles. The van der Waals surface area contributed by atoms with E-state index in [0.29, 0.717) is 10.7 Å². The molecule has 0 N–H and O–H groups in total. The van der Waals surface area contributed by atoms with Crippen molar-refractivity contribution in [1.29, 1.82) is 0 Å². The van der Waals surface area contributed by atoms with Crippen LogP contribution in [0.15, 0.2) is 72.8 Å². The number of hydrogen-bond acceptors (Lipinski definition) is 5. The van der Waals surface area contributed by atoms with Gasteiger partial charge in [0.25, 0.3) is 0 Å². The van der Waals surface area contributed by atoms with Crippen molar-refractivity contribution in [1.82, 2.24) is 4.98 Å². The minimum Gasteiger partial charge on any atom is -0.283 e. The average Bonchev–Trinajstić information content (AvgIpc) is 3.22. The highest BCUT2D eigenvalue weighted by molar-refractivity contribution is 7.91. The molecule has 164 valence electrons. The monoisotopic (exact) mass is 464 g/mol. The number of amides is 1. The first kappa shape index (κ1) is 22.2. The van der Waals surface area contributed by atoms with Crippen molar-refractivity contribution in [2.75, 3.05) is 10.7 Å². The second-order valence-electron chi connectivity index (χ2n) is 7.86. The fourth-order valence-electron chi connectivity index (χ4n) is 3.54. The Morgan fingerprint density at radius 3 is 2.09 bits per heavy atom. The van der Waals surface area contributed by atoms with Gasteiger partial charge in [-0.2, -0.15) is 0 Å². The smallest absolute Gasteiger partial charge is 0.244 e. The average molecular weight is 465 g/mol. The number of fused-ring (bicyclic) bond motifs is 1. The third-order valence-electron chi connectivity index (χ3n) is 5.22. The number of carbonyl (C=O) groups is 1. The van der Waals surface area contributed by atoms with Crippen LogP contribution in [0.3, 0.4) is 0 Å². The summed E-state index contributed by atoms with van der Waals surface area (Å²) >= 11 is 1.42. The lowest BCUT2D eigenvalue weighted by atomic mass is 10.1. The van der Waals surface area contributed by atoms with Crippen LogP contribution in [-0.2, 0) is 26.9 Å². The van der Waals surface area contributed by atoms with E-state index < -0.39 is 21.5 Å². The lowest BCUT2D eigenvalue weighted by molar-refractivity contribution is -0.116. The first-order valence-corrected chi connectivity index (χ1v) is 12.9. The highest BCUT2D eigenvalue weighted by Gasteiger charge is 2.26. The second-order valence-corrected chi connectivity index (χ2v) is 10.9. The van der Waals surface area contributed by atoms with Gasteiger partial charge in [0.15, 0.2) is 15.0 Å². The van der Waals surface area contributed by atoms with E-state index >= 15 is 0 Å². The maximum Gasteiger partial charge on any atom is 0.244 e. The number of aryl methyl sites for hydroxylation is 2. The molecule has 4 rings (SSSR count). The Morgan fingerprint density at radius 2 is 1.47 bits per heavy atom. The van der Waals surface area contributed by atoms with Crippen LogP contribution in [0.1, 0.15) is 22.3 Å². The van der Waals surface area contributed by atoms with Gasteiger partial charge in [0.2, 0.25) is 5.91 Å². The zero-order valence-electron chi connectivity index (χ0n) is 18.0. The first-order chi connectivity index (χ1) is 15.3. The quantitative estimate of drug-likeness (QED) is 0.383. The molecule has 1 amide bonds. The summed E-state index contributed by atoms with van der Waals surface area (Å²) in [6.07, 6.45) is 0. The number of aromatic nitrogens is 1. The van der Waals surface area contributed by atoms with Crippen LogP contribution in [0.4, 0.5) is 5.13 Å². The topological polar surface area (TPSA) is 67.3 Å². The SMILES string of the molecule is Cc1ccc(C)c2sc(N(Cc3ccccc3)C(=O)CS(=O)(=O)Cc3ccccc3)nc12. The Hall–Kier alpha value is -3.03. The van der Waals surface area contributed by atoms with Crippen LogP contribution in [0.5, 0.6) is 0 Å². The van der Waals surface area contributed by atoms with Crippen molar-refractivity contribution in [2.45, 2.75) is 26.1 Å². The zero-order valence-corrected chi connectivity index (χ0v) is 19.6. The standard InChI is InChI=1S/C25H24N2O3S2/c1-18-13-14-19(2)24-23(18)26-25(31-24)27(15-20-9-5-3-6-10-20)22(28)17-32(29,30)16-21-11-7-4-8-12-21/h3-14H,15-17H2,1-2H3. The molecule has 0 saturated heterocycles. The molecule has 1 heterocycles. The van der Waals surface area contributed by atoms with E-state index in [1.807, 2.05) is 62.4 Å². The van der Waals surface area contributed by atoms with E-state index in [9.17, 15) is 13.2 Å². The molecule has 0 saturated carbocycles. The second kappa shape index (κ2) is 9.22. The number of benzene rings is 3. The fourth-order valence-corrected chi connectivity index (χ4v) is 6.00. The number of thiazole rings is 1. The lowest BCUT2D eigenvalue weighted by Crippen LogP contribution is -2.35. The Bertz CT molecular complexity index is 1310. The van der Waals surface area contributed by atoms with Crippen molar-refractivity contribution in [3.05, 3.63) is 95.1 Å². The number of sulfone groups is 1. The molecular weight excluding hydrogens is 440 g/mol.